The molecule has 0 spiro atoms. The van der Waals surface area contributed by atoms with E-state index in [1.165, 1.54) is 0 Å². The average Bonchev–Trinajstić information content (AvgIpc) is 3.14. The van der Waals surface area contributed by atoms with Crippen LogP contribution >= 0.6 is 0 Å². The van der Waals surface area contributed by atoms with E-state index in [4.69, 9.17) is 4.74 Å². The van der Waals surface area contributed by atoms with E-state index in [1.807, 2.05) is 0 Å². The van der Waals surface area contributed by atoms with E-state index in [0.717, 1.165) is 24.1 Å². The van der Waals surface area contributed by atoms with Gasteiger partial charge in [0.1, 0.15) is 12.4 Å². The predicted molar refractivity (Wildman–Crippen MR) is 76.6 cm³/mol. The maximum Gasteiger partial charge on any atom is 0.408 e. The van der Waals surface area contributed by atoms with Crippen LogP contribution in [0.5, 0.6) is 0 Å². The maximum absolute atomic E-state index is 12.8. The summed E-state index contributed by atoms with van der Waals surface area (Å²) in [5.41, 5.74) is 0.652. The first kappa shape index (κ1) is 15.9. The number of nitrogens with zero attached hydrogens (tertiary/aromatic N) is 4. The number of rotatable bonds is 5. The lowest BCUT2D eigenvalue weighted by Crippen LogP contribution is -2.21. The highest BCUT2D eigenvalue weighted by Crippen LogP contribution is 2.23. The molecule has 2 aromatic rings. The third-order valence-electron chi connectivity index (χ3n) is 3.73. The number of hydrogen-bond donors (Lipinski definition) is 0. The summed E-state index contributed by atoms with van der Waals surface area (Å²) < 4.78 is 44.7. The van der Waals surface area contributed by atoms with E-state index in [9.17, 15) is 13.2 Å². The van der Waals surface area contributed by atoms with Crippen LogP contribution in [0.1, 0.15) is 25.1 Å². The molecular formula is C15H17F3N4O. The lowest BCUT2D eigenvalue weighted by Gasteiger charge is -2.11. The molecular weight excluding hydrogens is 309 g/mol. The zero-order chi connectivity index (χ0) is 16.3. The Kier molecular flexibility index (Phi) is 4.61. The molecule has 3 rings (SSSR count). The SMILES string of the molecule is FC(F)(F)Cn1nc(-c2ccncc2)nc1CC[C@@H]1CCCO1. The van der Waals surface area contributed by atoms with Gasteiger partial charge in [0.25, 0.3) is 0 Å². The summed E-state index contributed by atoms with van der Waals surface area (Å²) in [4.78, 5) is 8.18. The normalized spacial score (nSPS) is 18.5. The average molecular weight is 326 g/mol. The zero-order valence-electron chi connectivity index (χ0n) is 12.5. The Morgan fingerprint density at radius 1 is 1.26 bits per heavy atom. The molecule has 1 aliphatic rings. The van der Waals surface area contributed by atoms with Crippen LogP contribution in [-0.4, -0.2) is 38.6 Å². The van der Waals surface area contributed by atoms with E-state index in [1.54, 1.807) is 24.5 Å². The monoisotopic (exact) mass is 326 g/mol. The second-order valence-corrected chi connectivity index (χ2v) is 5.53. The molecule has 2 aromatic heterocycles. The molecule has 3 heterocycles. The fourth-order valence-corrected chi connectivity index (χ4v) is 2.64. The summed E-state index contributed by atoms with van der Waals surface area (Å²) in [6.45, 7) is -0.409. The van der Waals surface area contributed by atoms with Gasteiger partial charge < -0.3 is 4.74 Å². The molecule has 5 nitrogen and oxygen atoms in total. The van der Waals surface area contributed by atoms with Gasteiger partial charge in [-0.2, -0.15) is 18.3 Å². The van der Waals surface area contributed by atoms with Gasteiger partial charge >= 0.3 is 6.18 Å². The van der Waals surface area contributed by atoms with Crippen LogP contribution < -0.4 is 0 Å². The van der Waals surface area contributed by atoms with Crippen LogP contribution in [0.3, 0.4) is 0 Å². The number of ether oxygens (including phenoxy) is 1. The van der Waals surface area contributed by atoms with Gasteiger partial charge in [0.05, 0.1) is 6.10 Å². The number of hydrogen-bond acceptors (Lipinski definition) is 4. The molecule has 0 N–H and O–H groups in total. The van der Waals surface area contributed by atoms with Crippen LogP contribution in [0.2, 0.25) is 0 Å². The van der Waals surface area contributed by atoms with Crippen LogP contribution in [0, 0.1) is 0 Å². The standard InChI is InChI=1S/C15H17F3N4O/c16-15(17,18)10-22-13(4-3-12-2-1-9-23-12)20-14(21-22)11-5-7-19-8-6-11/h5-8,12H,1-4,9-10H2/t12-/m0/s1. The molecule has 124 valence electrons. The van der Waals surface area contributed by atoms with Crippen molar-refractivity contribution in [2.24, 2.45) is 0 Å². The summed E-state index contributed by atoms with van der Waals surface area (Å²) >= 11 is 0. The van der Waals surface area contributed by atoms with Gasteiger partial charge in [0.15, 0.2) is 5.82 Å². The van der Waals surface area contributed by atoms with E-state index in [0.29, 0.717) is 30.1 Å². The van der Waals surface area contributed by atoms with Crippen molar-refractivity contribution in [1.82, 2.24) is 19.7 Å². The van der Waals surface area contributed by atoms with Crippen LogP contribution in [0.25, 0.3) is 11.4 Å². The number of alkyl halides is 3. The Bertz CT molecular complexity index is 636. The molecule has 0 unspecified atom stereocenters. The zero-order valence-corrected chi connectivity index (χ0v) is 12.5. The van der Waals surface area contributed by atoms with Crippen molar-refractivity contribution < 1.29 is 17.9 Å². The van der Waals surface area contributed by atoms with E-state index in [2.05, 4.69) is 15.1 Å². The Hall–Kier alpha value is -1.96. The van der Waals surface area contributed by atoms with Gasteiger partial charge in [0, 0.05) is 31.0 Å². The van der Waals surface area contributed by atoms with Crippen molar-refractivity contribution >= 4 is 0 Å². The molecule has 8 heteroatoms. The predicted octanol–water partition coefficient (Wildman–Crippen LogP) is 3.01. The van der Waals surface area contributed by atoms with Crippen molar-refractivity contribution in [2.75, 3.05) is 6.61 Å². The molecule has 1 saturated heterocycles. The Balaban J connectivity index is 1.81. The van der Waals surface area contributed by atoms with Crippen molar-refractivity contribution in [3.8, 4) is 11.4 Å². The maximum atomic E-state index is 12.8. The first-order valence-corrected chi connectivity index (χ1v) is 7.54. The van der Waals surface area contributed by atoms with Crippen molar-refractivity contribution in [2.45, 2.75) is 44.5 Å². The highest BCUT2D eigenvalue weighted by Gasteiger charge is 2.30. The third-order valence-corrected chi connectivity index (χ3v) is 3.73. The highest BCUT2D eigenvalue weighted by molar-refractivity contribution is 5.53. The van der Waals surface area contributed by atoms with Crippen LogP contribution in [-0.2, 0) is 17.7 Å². The second kappa shape index (κ2) is 6.66. The minimum Gasteiger partial charge on any atom is -0.378 e. The quantitative estimate of drug-likeness (QED) is 0.847. The van der Waals surface area contributed by atoms with Gasteiger partial charge in [-0.15, -0.1) is 0 Å². The lowest BCUT2D eigenvalue weighted by atomic mass is 10.1. The molecule has 23 heavy (non-hydrogen) atoms. The molecule has 0 radical (unpaired) electrons. The lowest BCUT2D eigenvalue weighted by molar-refractivity contribution is -0.143. The Labute approximate surface area is 131 Å². The van der Waals surface area contributed by atoms with Crippen molar-refractivity contribution in [3.63, 3.8) is 0 Å². The summed E-state index contributed by atoms with van der Waals surface area (Å²) in [7, 11) is 0. The first-order chi connectivity index (χ1) is 11.0. The largest absolute Gasteiger partial charge is 0.408 e. The molecule has 1 fully saturated rings. The van der Waals surface area contributed by atoms with Crippen LogP contribution in [0.15, 0.2) is 24.5 Å². The summed E-state index contributed by atoms with van der Waals surface area (Å²) in [5.74, 6) is 0.628. The minimum atomic E-state index is -4.33. The fraction of sp³-hybridized carbons (Fsp3) is 0.533. The summed E-state index contributed by atoms with van der Waals surface area (Å²) in [6, 6.07) is 3.36. The Morgan fingerprint density at radius 3 is 2.70 bits per heavy atom. The van der Waals surface area contributed by atoms with E-state index >= 15 is 0 Å². The van der Waals surface area contributed by atoms with Crippen LogP contribution in [0.4, 0.5) is 13.2 Å². The smallest absolute Gasteiger partial charge is 0.378 e. The van der Waals surface area contributed by atoms with Crippen molar-refractivity contribution in [1.29, 1.82) is 0 Å². The number of aryl methyl sites for hydroxylation is 1. The number of pyridine rings is 1. The van der Waals surface area contributed by atoms with Gasteiger partial charge in [-0.1, -0.05) is 0 Å². The molecule has 1 atom stereocenters. The summed E-state index contributed by atoms with van der Waals surface area (Å²) in [6.07, 6.45) is 1.92. The van der Waals surface area contributed by atoms with E-state index < -0.39 is 12.7 Å². The molecule has 0 bridgehead atoms. The van der Waals surface area contributed by atoms with Gasteiger partial charge in [-0.25, -0.2) is 9.67 Å². The molecule has 0 aliphatic carbocycles. The van der Waals surface area contributed by atoms with Gasteiger partial charge in [-0.3, -0.25) is 4.98 Å². The van der Waals surface area contributed by atoms with E-state index in [-0.39, 0.29) is 6.10 Å². The third kappa shape index (κ3) is 4.28. The molecule has 0 saturated carbocycles. The number of halogens is 3. The van der Waals surface area contributed by atoms with Gasteiger partial charge in [0.2, 0.25) is 0 Å². The molecule has 1 aliphatic heterocycles. The first-order valence-electron chi connectivity index (χ1n) is 7.54. The van der Waals surface area contributed by atoms with Gasteiger partial charge in [-0.05, 0) is 31.4 Å². The minimum absolute atomic E-state index is 0.107. The summed E-state index contributed by atoms with van der Waals surface area (Å²) in [5, 5.41) is 4.03. The topological polar surface area (TPSA) is 52.8 Å². The Morgan fingerprint density at radius 2 is 2.04 bits per heavy atom. The number of aromatic nitrogens is 4. The fourth-order valence-electron chi connectivity index (χ4n) is 2.64. The molecule has 0 amide bonds. The van der Waals surface area contributed by atoms with Crippen molar-refractivity contribution in [3.05, 3.63) is 30.4 Å². The molecule has 0 aromatic carbocycles. The highest BCUT2D eigenvalue weighted by atomic mass is 19.4. The second-order valence-electron chi connectivity index (χ2n) is 5.53.